The van der Waals surface area contributed by atoms with Crippen LogP contribution in [0.4, 0.5) is 10.3 Å². The molecule has 1 amide bonds. The minimum Gasteiger partial charge on any atom is -0.484 e. The number of fused-ring (bicyclic) bond motifs is 2. The Labute approximate surface area is 183 Å². The maximum Gasteiger partial charge on any atom is 0.336 e. The number of aryl methyl sites for hydroxylation is 1. The summed E-state index contributed by atoms with van der Waals surface area (Å²) in [4.78, 5) is 28.7. The molecule has 5 rings (SSSR count). The van der Waals surface area contributed by atoms with Crippen molar-refractivity contribution in [1.29, 1.82) is 0 Å². The second-order valence-electron chi connectivity index (χ2n) is 7.00. The fraction of sp³-hybridized carbons (Fsp3) is 0.0909. The normalized spacial score (nSPS) is 11.2. The Morgan fingerprint density at radius 1 is 1.22 bits per heavy atom. The summed E-state index contributed by atoms with van der Waals surface area (Å²) in [5.41, 5.74) is 2.25. The lowest BCUT2D eigenvalue weighted by Crippen LogP contribution is -2.21. The minimum absolute atomic E-state index is 0.133. The molecule has 0 saturated carbocycles. The number of nitrogens with one attached hydrogen (secondary N) is 1. The molecule has 0 atom stereocenters. The van der Waals surface area contributed by atoms with E-state index < -0.39 is 11.5 Å². The van der Waals surface area contributed by atoms with E-state index in [1.165, 1.54) is 29.5 Å². The number of hydrogen-bond acceptors (Lipinski definition) is 7. The lowest BCUT2D eigenvalue weighted by molar-refractivity contribution is -0.118. The maximum absolute atomic E-state index is 13.2. The lowest BCUT2D eigenvalue weighted by atomic mass is 10.1. The molecule has 0 saturated heterocycles. The second kappa shape index (κ2) is 7.89. The number of thiazole rings is 1. The molecule has 5 aromatic rings. The molecule has 0 fully saturated rings. The quantitative estimate of drug-likeness (QED) is 0.406. The summed E-state index contributed by atoms with van der Waals surface area (Å²) >= 11 is 1.35. The highest BCUT2D eigenvalue weighted by atomic mass is 32.1. The molecule has 160 valence electrons. The summed E-state index contributed by atoms with van der Waals surface area (Å²) in [5, 5.41) is 9.56. The topological polar surface area (TPSA) is 98.7 Å². The summed E-state index contributed by atoms with van der Waals surface area (Å²) in [5.74, 6) is -0.249. The van der Waals surface area contributed by atoms with Crippen molar-refractivity contribution in [3.63, 3.8) is 0 Å². The predicted molar refractivity (Wildman–Crippen MR) is 118 cm³/mol. The summed E-state index contributed by atoms with van der Waals surface area (Å²) in [6.07, 6.45) is 0. The summed E-state index contributed by atoms with van der Waals surface area (Å²) in [6, 6.07) is 12.5. The molecule has 0 spiro atoms. The average molecular weight is 450 g/mol. The molecule has 1 N–H and O–H groups in total. The van der Waals surface area contributed by atoms with Crippen LogP contribution in [0.3, 0.4) is 0 Å². The van der Waals surface area contributed by atoms with Gasteiger partial charge in [-0.05, 0) is 48.9 Å². The minimum atomic E-state index is -0.448. The van der Waals surface area contributed by atoms with Crippen LogP contribution in [0.1, 0.15) is 5.56 Å². The van der Waals surface area contributed by atoms with Gasteiger partial charge in [-0.2, -0.15) is 4.98 Å². The highest BCUT2D eigenvalue weighted by Gasteiger charge is 2.14. The van der Waals surface area contributed by atoms with Gasteiger partial charge in [0.25, 0.3) is 11.9 Å². The molecule has 32 heavy (non-hydrogen) atoms. The van der Waals surface area contributed by atoms with Gasteiger partial charge >= 0.3 is 5.63 Å². The smallest absolute Gasteiger partial charge is 0.336 e. The van der Waals surface area contributed by atoms with Gasteiger partial charge in [0.15, 0.2) is 6.61 Å². The van der Waals surface area contributed by atoms with Crippen molar-refractivity contribution in [3.8, 4) is 17.0 Å². The standard InChI is InChI=1S/C22H15FN4O4S/c1-12-8-20(29)31-18-9-15(6-7-16(12)18)30-10-19(28)24-21-25-22-27(26-21)17(11-32-22)13-2-4-14(23)5-3-13/h2-9,11H,10H2,1H3,(H,24,26,28). The van der Waals surface area contributed by atoms with Crippen molar-refractivity contribution >= 4 is 39.1 Å². The number of benzene rings is 2. The molecule has 3 aromatic heterocycles. The second-order valence-corrected chi connectivity index (χ2v) is 7.84. The van der Waals surface area contributed by atoms with Crippen LogP contribution in [-0.2, 0) is 4.79 Å². The number of rotatable bonds is 5. The van der Waals surface area contributed by atoms with Crippen molar-refractivity contribution in [2.24, 2.45) is 0 Å². The van der Waals surface area contributed by atoms with E-state index in [1.807, 2.05) is 12.3 Å². The van der Waals surface area contributed by atoms with Crippen LogP contribution in [0, 0.1) is 12.7 Å². The Bertz CT molecular complexity index is 1520. The van der Waals surface area contributed by atoms with Gasteiger partial charge in [-0.15, -0.1) is 16.4 Å². The third-order valence-electron chi connectivity index (χ3n) is 4.77. The molecule has 0 radical (unpaired) electrons. The van der Waals surface area contributed by atoms with Gasteiger partial charge in [-0.3, -0.25) is 10.1 Å². The lowest BCUT2D eigenvalue weighted by Gasteiger charge is -2.07. The van der Waals surface area contributed by atoms with E-state index in [0.29, 0.717) is 16.3 Å². The monoisotopic (exact) mass is 450 g/mol. The Hall–Kier alpha value is -4.05. The highest BCUT2D eigenvalue weighted by molar-refractivity contribution is 7.15. The molecular weight excluding hydrogens is 435 g/mol. The van der Waals surface area contributed by atoms with E-state index in [9.17, 15) is 14.0 Å². The highest BCUT2D eigenvalue weighted by Crippen LogP contribution is 2.26. The number of nitrogens with zero attached hydrogens (tertiary/aromatic N) is 3. The van der Waals surface area contributed by atoms with E-state index in [0.717, 1.165) is 22.2 Å². The van der Waals surface area contributed by atoms with Gasteiger partial charge in [0.2, 0.25) is 4.96 Å². The van der Waals surface area contributed by atoms with Gasteiger partial charge in [0.1, 0.15) is 17.1 Å². The van der Waals surface area contributed by atoms with Crippen molar-refractivity contribution in [2.45, 2.75) is 6.92 Å². The molecule has 3 heterocycles. The van der Waals surface area contributed by atoms with Gasteiger partial charge in [-0.1, -0.05) is 0 Å². The zero-order valence-electron chi connectivity index (χ0n) is 16.7. The first kappa shape index (κ1) is 19.9. The Morgan fingerprint density at radius 2 is 2.03 bits per heavy atom. The van der Waals surface area contributed by atoms with Gasteiger partial charge in [-0.25, -0.2) is 13.7 Å². The zero-order chi connectivity index (χ0) is 22.2. The number of anilines is 1. The molecule has 8 nitrogen and oxygen atoms in total. The molecule has 0 aliphatic carbocycles. The summed E-state index contributed by atoms with van der Waals surface area (Å²) in [7, 11) is 0. The van der Waals surface area contributed by atoms with E-state index >= 15 is 0 Å². The molecule has 10 heteroatoms. The van der Waals surface area contributed by atoms with Crippen LogP contribution in [0.25, 0.3) is 27.2 Å². The van der Waals surface area contributed by atoms with Gasteiger partial charge < -0.3 is 9.15 Å². The van der Waals surface area contributed by atoms with Crippen molar-refractivity contribution in [3.05, 3.63) is 75.7 Å². The fourth-order valence-electron chi connectivity index (χ4n) is 3.26. The first-order chi connectivity index (χ1) is 15.5. The maximum atomic E-state index is 13.2. The van der Waals surface area contributed by atoms with Crippen LogP contribution in [0.5, 0.6) is 5.75 Å². The van der Waals surface area contributed by atoms with Crippen LogP contribution in [0.15, 0.2) is 63.1 Å². The van der Waals surface area contributed by atoms with E-state index in [2.05, 4.69) is 15.4 Å². The molecule has 0 bridgehead atoms. The Kier molecular flexibility index (Phi) is 4.91. The number of hydrogen-bond donors (Lipinski definition) is 1. The Balaban J connectivity index is 1.28. The first-order valence-electron chi connectivity index (χ1n) is 9.54. The SMILES string of the molecule is Cc1cc(=O)oc2cc(OCC(=O)Nc3nc4scc(-c5ccc(F)cc5)n4n3)ccc12. The van der Waals surface area contributed by atoms with Crippen LogP contribution in [-0.4, -0.2) is 27.1 Å². The van der Waals surface area contributed by atoms with Gasteiger partial charge in [0, 0.05) is 28.5 Å². The largest absolute Gasteiger partial charge is 0.484 e. The van der Waals surface area contributed by atoms with Crippen LogP contribution < -0.4 is 15.7 Å². The van der Waals surface area contributed by atoms with E-state index in [4.69, 9.17) is 9.15 Å². The molecule has 0 aliphatic heterocycles. The average Bonchev–Trinajstić information content (AvgIpc) is 3.33. The third kappa shape index (κ3) is 3.83. The first-order valence-corrected chi connectivity index (χ1v) is 10.4. The molecular formula is C22H15FN4O4S. The van der Waals surface area contributed by atoms with Crippen LogP contribution in [0.2, 0.25) is 0 Å². The summed E-state index contributed by atoms with van der Waals surface area (Å²) in [6.45, 7) is 1.54. The predicted octanol–water partition coefficient (Wildman–Crippen LogP) is 4.03. The van der Waals surface area contributed by atoms with Crippen molar-refractivity contribution in [1.82, 2.24) is 14.6 Å². The number of amides is 1. The third-order valence-corrected chi connectivity index (χ3v) is 5.58. The van der Waals surface area contributed by atoms with E-state index in [-0.39, 0.29) is 18.4 Å². The summed E-state index contributed by atoms with van der Waals surface area (Å²) < 4.78 is 25.5. The number of carbonyl (C=O) groups is 1. The number of aromatic nitrogens is 3. The number of ether oxygens (including phenoxy) is 1. The van der Waals surface area contributed by atoms with Crippen molar-refractivity contribution in [2.75, 3.05) is 11.9 Å². The van der Waals surface area contributed by atoms with E-state index in [1.54, 1.807) is 34.8 Å². The molecule has 2 aromatic carbocycles. The fourth-order valence-corrected chi connectivity index (χ4v) is 4.09. The Morgan fingerprint density at radius 3 is 2.84 bits per heavy atom. The molecule has 0 aliphatic rings. The number of carbonyl (C=O) groups excluding carboxylic acids is 1. The van der Waals surface area contributed by atoms with Gasteiger partial charge in [0.05, 0.1) is 5.69 Å². The number of halogens is 1. The van der Waals surface area contributed by atoms with Crippen LogP contribution >= 0.6 is 11.3 Å². The zero-order valence-corrected chi connectivity index (χ0v) is 17.5. The van der Waals surface area contributed by atoms with Crippen molar-refractivity contribution < 1.29 is 18.3 Å². The molecule has 0 unspecified atom stereocenters.